The number of hydrogen-bond acceptors (Lipinski definition) is 17. The van der Waals surface area contributed by atoms with Gasteiger partial charge in [-0.3, -0.25) is 20.8 Å². The topological polar surface area (TPSA) is 248 Å². The lowest BCUT2D eigenvalue weighted by Gasteiger charge is -2.38. The molecule has 3 aromatic rings. The lowest BCUT2D eigenvalue weighted by molar-refractivity contribution is 0.0284. The Hall–Kier alpha value is -4.98. The summed E-state index contributed by atoms with van der Waals surface area (Å²) in [5, 5.41) is 78.5. The maximum Gasteiger partial charge on any atom is 0.343 e. The zero-order valence-corrected chi connectivity index (χ0v) is 20.8. The average Bonchev–Trinajstić information content (AvgIpc) is 2.94. The number of rotatable bonds is 11. The second-order valence-corrected chi connectivity index (χ2v) is 7.87. The van der Waals surface area contributed by atoms with Crippen LogP contribution >= 0.6 is 0 Å². The molecule has 3 rings (SSSR count). The van der Waals surface area contributed by atoms with E-state index >= 15 is 0 Å². The lowest BCUT2D eigenvalue weighted by atomic mass is 10.1. The van der Waals surface area contributed by atoms with Gasteiger partial charge < -0.3 is 45.5 Å². The highest BCUT2D eigenvalue weighted by molar-refractivity contribution is 5.94. The van der Waals surface area contributed by atoms with Crippen molar-refractivity contribution in [1.82, 2.24) is 0 Å². The van der Waals surface area contributed by atoms with E-state index in [0.717, 1.165) is 36.4 Å². The number of hydrogen-bond donors (Lipinski definition) is 4. The van der Waals surface area contributed by atoms with E-state index in [1.807, 2.05) is 0 Å². The van der Waals surface area contributed by atoms with E-state index in [0.29, 0.717) is 5.56 Å². The molecule has 0 aromatic heterocycles. The van der Waals surface area contributed by atoms with Gasteiger partial charge in [0.1, 0.15) is 6.61 Å². The summed E-state index contributed by atoms with van der Waals surface area (Å²) in [6.07, 6.45) is 2.93. The Labute approximate surface area is 230 Å². The van der Waals surface area contributed by atoms with Crippen molar-refractivity contribution in [2.75, 3.05) is 34.6 Å². The molecule has 0 saturated heterocycles. The van der Waals surface area contributed by atoms with Gasteiger partial charge in [0.05, 0.1) is 29.6 Å². The molecule has 0 bridgehead atoms. The fourth-order valence-electron chi connectivity index (χ4n) is 3.29. The van der Waals surface area contributed by atoms with Crippen molar-refractivity contribution in [3.8, 4) is 11.5 Å². The number of esters is 2. The van der Waals surface area contributed by atoms with Crippen molar-refractivity contribution in [2.24, 2.45) is 0 Å². The molecule has 0 saturated carbocycles. The molecule has 0 fully saturated rings. The average molecular weight is 572 g/mol. The predicted molar refractivity (Wildman–Crippen MR) is 141 cm³/mol. The molecule has 0 aliphatic heterocycles. The van der Waals surface area contributed by atoms with Gasteiger partial charge in [0.15, 0.2) is 11.5 Å². The fraction of sp³-hybridized carbons (Fsp3) is 0.0833. The monoisotopic (exact) mass is 572 g/mol. The van der Waals surface area contributed by atoms with Crippen LogP contribution in [0.25, 0.3) is 6.08 Å². The minimum absolute atomic E-state index is 0.0673. The molecule has 0 aliphatic rings. The molecule has 17 nitrogen and oxygen atoms in total. The number of carbonyl (C=O) groups is 2. The Morgan fingerprint density at radius 1 is 0.732 bits per heavy atom. The van der Waals surface area contributed by atoms with Crippen LogP contribution in [0.15, 0.2) is 60.7 Å². The van der Waals surface area contributed by atoms with Crippen molar-refractivity contribution in [3.05, 3.63) is 98.2 Å². The summed E-state index contributed by atoms with van der Waals surface area (Å²) in [7, 11) is 1.29. The molecular weight excluding hydrogens is 552 g/mol. The van der Waals surface area contributed by atoms with Crippen LogP contribution in [0.5, 0.6) is 11.5 Å². The molecule has 17 heteroatoms. The second-order valence-electron chi connectivity index (χ2n) is 7.87. The van der Waals surface area contributed by atoms with Gasteiger partial charge in [-0.1, -0.05) is 12.1 Å². The van der Waals surface area contributed by atoms with E-state index in [1.165, 1.54) is 37.5 Å². The highest BCUT2D eigenvalue weighted by Crippen LogP contribution is 2.31. The van der Waals surface area contributed by atoms with Gasteiger partial charge in [-0.2, -0.15) is 0 Å². The summed E-state index contributed by atoms with van der Waals surface area (Å²) in [6, 6.07) is 9.69. The van der Waals surface area contributed by atoms with Gasteiger partial charge in [0, 0.05) is 11.4 Å². The summed E-state index contributed by atoms with van der Waals surface area (Å²) in [5.74, 6) is -2.02. The van der Waals surface area contributed by atoms with Crippen molar-refractivity contribution < 1.29 is 44.6 Å². The summed E-state index contributed by atoms with van der Waals surface area (Å²) in [5.41, 5.74) is -2.19. The predicted octanol–water partition coefficient (Wildman–Crippen LogP) is 3.56. The van der Waals surface area contributed by atoms with Gasteiger partial charge in [0.2, 0.25) is 0 Å². The lowest BCUT2D eigenvalue weighted by Crippen LogP contribution is -2.16. The minimum atomic E-state index is -1.06. The molecule has 0 unspecified atom stereocenters. The van der Waals surface area contributed by atoms with Gasteiger partial charge in [-0.25, -0.2) is 9.59 Å². The number of nitrogens with zero attached hydrogens (tertiary/aromatic N) is 4. The van der Waals surface area contributed by atoms with Crippen LogP contribution in [0.3, 0.4) is 0 Å². The Morgan fingerprint density at radius 3 is 1.73 bits per heavy atom. The summed E-state index contributed by atoms with van der Waals surface area (Å²) in [4.78, 5) is 24.9. The van der Waals surface area contributed by atoms with Gasteiger partial charge in [-0.15, -0.1) is 10.5 Å². The first kappa shape index (κ1) is 30.6. The number of ether oxygens (including phenoxy) is 3. The minimum Gasteiger partial charge on any atom is -0.769 e. The summed E-state index contributed by atoms with van der Waals surface area (Å²) >= 11 is 0. The largest absolute Gasteiger partial charge is 0.769 e. The molecule has 0 amide bonds. The van der Waals surface area contributed by atoms with E-state index < -0.39 is 45.1 Å². The Bertz CT molecular complexity index is 1370. The first-order chi connectivity index (χ1) is 19.4. The Balaban J connectivity index is 1.69. The molecule has 218 valence electrons. The van der Waals surface area contributed by atoms with Crippen LogP contribution < -0.4 is 30.4 Å². The molecule has 0 heterocycles. The fourth-order valence-corrected chi connectivity index (χ4v) is 3.29. The van der Waals surface area contributed by atoms with Crippen LogP contribution in [0, 0.1) is 20.8 Å². The molecule has 0 atom stereocenters. The Kier molecular flexibility index (Phi) is 9.98. The van der Waals surface area contributed by atoms with Crippen molar-refractivity contribution in [1.29, 1.82) is 0 Å². The molecule has 0 spiro atoms. The molecule has 3 aromatic carbocycles. The third kappa shape index (κ3) is 8.02. The summed E-state index contributed by atoms with van der Waals surface area (Å²) in [6.45, 7) is -0.278. The number of carbonyl (C=O) groups excluding carboxylic acids is 2. The van der Waals surface area contributed by atoms with Crippen LogP contribution in [-0.2, 0) is 4.74 Å². The standard InChI is InChI=1S/C24H20N4O13/c1-39-22-7-14(3-2-6-40-23(29)15-8-17(25(31)32)12-18(9-15)26(33)34)4-5-21(22)41-24(30)16-10-19(27(35)36)13-20(11-16)28(37)38/h2-5,7-13,31-32,35-36H,6H2,1H3/q-4. The first-order valence-corrected chi connectivity index (χ1v) is 11.1. The zero-order valence-electron chi connectivity index (χ0n) is 20.8. The number of benzene rings is 3. The maximum absolute atomic E-state index is 12.6. The first-order valence-electron chi connectivity index (χ1n) is 11.1. The second kappa shape index (κ2) is 13.4. The third-order valence-corrected chi connectivity index (χ3v) is 5.17. The smallest absolute Gasteiger partial charge is 0.343 e. The van der Waals surface area contributed by atoms with E-state index in [1.54, 1.807) is 0 Å². The van der Waals surface area contributed by atoms with Crippen LogP contribution in [-0.4, -0.2) is 46.5 Å². The molecule has 0 radical (unpaired) electrons. The van der Waals surface area contributed by atoms with E-state index in [4.69, 9.17) is 24.6 Å². The third-order valence-electron chi connectivity index (χ3n) is 5.17. The van der Waals surface area contributed by atoms with Gasteiger partial charge in [-0.05, 0) is 60.2 Å². The van der Waals surface area contributed by atoms with Crippen molar-refractivity contribution in [3.63, 3.8) is 0 Å². The highest BCUT2D eigenvalue weighted by Gasteiger charge is 2.16. The molecule has 4 N–H and O–H groups in total. The van der Waals surface area contributed by atoms with Crippen molar-refractivity contribution >= 4 is 40.8 Å². The maximum atomic E-state index is 12.6. The quantitative estimate of drug-likeness (QED) is 0.146. The van der Waals surface area contributed by atoms with Crippen LogP contribution in [0.2, 0.25) is 0 Å². The zero-order chi connectivity index (χ0) is 30.3. The van der Waals surface area contributed by atoms with Gasteiger partial charge >= 0.3 is 11.9 Å². The van der Waals surface area contributed by atoms with Crippen molar-refractivity contribution in [2.45, 2.75) is 0 Å². The molecule has 41 heavy (non-hydrogen) atoms. The molecular formula is C24H20N4O13-4. The molecule has 0 aliphatic carbocycles. The summed E-state index contributed by atoms with van der Waals surface area (Å²) < 4.78 is 15.5. The van der Waals surface area contributed by atoms with E-state index in [9.17, 15) is 40.8 Å². The number of methoxy groups -OCH3 is 1. The van der Waals surface area contributed by atoms with E-state index in [-0.39, 0.29) is 39.7 Å². The Morgan fingerprint density at radius 2 is 1.24 bits per heavy atom. The van der Waals surface area contributed by atoms with Gasteiger partial charge in [0.25, 0.3) is 0 Å². The van der Waals surface area contributed by atoms with E-state index in [2.05, 4.69) is 0 Å². The normalized spacial score (nSPS) is 10.8. The van der Waals surface area contributed by atoms with Crippen LogP contribution in [0.1, 0.15) is 26.3 Å². The number of anilines is 4. The SMILES string of the molecule is COc1cc(C=CCOC(=O)c2cc(N([O-])[O-])cc(N(O)O)c2)ccc1OC(=O)c1cc(N([O-])[O-])cc(N(O)O)c1. The highest BCUT2D eigenvalue weighted by atomic mass is 16.8. The van der Waals surface area contributed by atoms with Crippen LogP contribution in [0.4, 0.5) is 22.7 Å².